The Kier molecular flexibility index (Phi) is 3.92. The highest BCUT2D eigenvalue weighted by molar-refractivity contribution is 5.76. The lowest BCUT2D eigenvalue weighted by Crippen LogP contribution is -2.18. The molecule has 5 nitrogen and oxygen atoms in total. The first-order valence-corrected chi connectivity index (χ1v) is 7.49. The molecular weight excluding hydrogens is 268 g/mol. The van der Waals surface area contributed by atoms with Crippen LogP contribution in [0.4, 0.5) is 0 Å². The van der Waals surface area contributed by atoms with Crippen LogP contribution in [0.5, 0.6) is 0 Å². The van der Waals surface area contributed by atoms with Crippen LogP contribution in [0.15, 0.2) is 24.3 Å². The van der Waals surface area contributed by atoms with Gasteiger partial charge in [-0.25, -0.2) is 4.98 Å². The molecular formula is C16H20N2O3. The van der Waals surface area contributed by atoms with Gasteiger partial charge in [-0.3, -0.25) is 4.79 Å². The number of ether oxygens (including phenoxy) is 1. The average molecular weight is 288 g/mol. The Balaban J connectivity index is 2.03. The highest BCUT2D eigenvalue weighted by Crippen LogP contribution is 2.34. The Morgan fingerprint density at radius 2 is 2.29 bits per heavy atom. The van der Waals surface area contributed by atoms with Gasteiger partial charge in [0.2, 0.25) is 0 Å². The molecule has 1 aliphatic heterocycles. The van der Waals surface area contributed by atoms with Gasteiger partial charge in [0, 0.05) is 19.1 Å². The number of imidazole rings is 1. The third kappa shape index (κ3) is 2.65. The van der Waals surface area contributed by atoms with Crippen LogP contribution in [0.25, 0.3) is 11.0 Å². The largest absolute Gasteiger partial charge is 0.481 e. The van der Waals surface area contributed by atoms with E-state index in [1.807, 2.05) is 24.3 Å². The molecule has 1 aliphatic rings. The first-order chi connectivity index (χ1) is 10.2. The predicted molar refractivity (Wildman–Crippen MR) is 79.4 cm³/mol. The van der Waals surface area contributed by atoms with Gasteiger partial charge >= 0.3 is 5.97 Å². The van der Waals surface area contributed by atoms with E-state index in [0.717, 1.165) is 36.3 Å². The number of aryl methyl sites for hydroxylation is 1. The normalized spacial score (nSPS) is 22.0. The third-order valence-corrected chi connectivity index (χ3v) is 4.18. The van der Waals surface area contributed by atoms with E-state index in [1.54, 1.807) is 0 Å². The van der Waals surface area contributed by atoms with Crippen LogP contribution in [0.1, 0.15) is 37.9 Å². The molecule has 0 bridgehead atoms. The summed E-state index contributed by atoms with van der Waals surface area (Å²) in [7, 11) is 0. The topological polar surface area (TPSA) is 64.4 Å². The van der Waals surface area contributed by atoms with E-state index in [4.69, 9.17) is 14.8 Å². The highest BCUT2D eigenvalue weighted by atomic mass is 16.5. The number of aromatic nitrogens is 2. The Labute approximate surface area is 123 Å². The van der Waals surface area contributed by atoms with Crippen LogP contribution in [-0.2, 0) is 16.1 Å². The zero-order valence-electron chi connectivity index (χ0n) is 12.2. The van der Waals surface area contributed by atoms with E-state index in [-0.39, 0.29) is 18.4 Å². The molecule has 1 aromatic carbocycles. The maximum atomic E-state index is 10.9. The molecule has 0 spiro atoms. The number of hydrogen-bond donors (Lipinski definition) is 1. The van der Waals surface area contributed by atoms with Gasteiger partial charge in [-0.05, 0) is 25.0 Å². The summed E-state index contributed by atoms with van der Waals surface area (Å²) in [6.45, 7) is 3.33. The van der Waals surface area contributed by atoms with Crippen LogP contribution < -0.4 is 0 Å². The number of aliphatic carboxylic acids is 1. The van der Waals surface area contributed by atoms with Crippen LogP contribution in [0.3, 0.4) is 0 Å². The molecule has 0 amide bonds. The number of rotatable bonds is 5. The van der Waals surface area contributed by atoms with Crippen LogP contribution in [0, 0.1) is 0 Å². The minimum Gasteiger partial charge on any atom is -0.481 e. The number of nitrogens with zero attached hydrogens (tertiary/aromatic N) is 2. The summed E-state index contributed by atoms with van der Waals surface area (Å²) in [4.78, 5) is 15.7. The Morgan fingerprint density at radius 1 is 1.48 bits per heavy atom. The summed E-state index contributed by atoms with van der Waals surface area (Å²) in [5.74, 6) is 0.450. The van der Waals surface area contributed by atoms with Crippen molar-refractivity contribution in [3.05, 3.63) is 30.1 Å². The first kappa shape index (κ1) is 14.1. The van der Waals surface area contributed by atoms with Gasteiger partial charge in [0.05, 0.1) is 23.6 Å². The van der Waals surface area contributed by atoms with E-state index >= 15 is 0 Å². The van der Waals surface area contributed by atoms with Crippen molar-refractivity contribution in [1.29, 1.82) is 0 Å². The molecule has 2 atom stereocenters. The fourth-order valence-corrected chi connectivity index (χ4v) is 3.17. The second-order valence-electron chi connectivity index (χ2n) is 5.47. The van der Waals surface area contributed by atoms with Crippen molar-refractivity contribution in [2.45, 2.75) is 44.8 Å². The van der Waals surface area contributed by atoms with Crippen LogP contribution in [0.2, 0.25) is 0 Å². The van der Waals surface area contributed by atoms with Crippen molar-refractivity contribution in [3.8, 4) is 0 Å². The van der Waals surface area contributed by atoms with E-state index in [1.165, 1.54) is 0 Å². The zero-order valence-corrected chi connectivity index (χ0v) is 12.2. The molecule has 2 unspecified atom stereocenters. The fourth-order valence-electron chi connectivity index (χ4n) is 3.17. The minimum atomic E-state index is -0.784. The minimum absolute atomic E-state index is 0.109. The van der Waals surface area contributed by atoms with Crippen molar-refractivity contribution in [3.63, 3.8) is 0 Å². The second kappa shape index (κ2) is 5.85. The number of para-hydroxylation sites is 2. The maximum Gasteiger partial charge on any atom is 0.305 e. The van der Waals surface area contributed by atoms with Gasteiger partial charge in [-0.15, -0.1) is 0 Å². The van der Waals surface area contributed by atoms with Gasteiger partial charge in [-0.2, -0.15) is 0 Å². The van der Waals surface area contributed by atoms with Crippen LogP contribution >= 0.6 is 0 Å². The summed E-state index contributed by atoms with van der Waals surface area (Å²) in [6, 6.07) is 7.91. The van der Waals surface area contributed by atoms with Crippen molar-refractivity contribution in [2.24, 2.45) is 0 Å². The van der Waals surface area contributed by atoms with Gasteiger partial charge in [-0.1, -0.05) is 19.1 Å². The first-order valence-electron chi connectivity index (χ1n) is 7.49. The molecule has 1 fully saturated rings. The van der Waals surface area contributed by atoms with Gasteiger partial charge < -0.3 is 14.4 Å². The number of carboxylic acids is 1. The molecule has 5 heteroatoms. The van der Waals surface area contributed by atoms with Crippen molar-refractivity contribution >= 4 is 17.0 Å². The van der Waals surface area contributed by atoms with E-state index in [9.17, 15) is 4.79 Å². The number of carboxylic acid groups (broad SMARTS) is 1. The van der Waals surface area contributed by atoms with Gasteiger partial charge in [0.1, 0.15) is 5.82 Å². The fraction of sp³-hybridized carbons (Fsp3) is 0.500. The SMILES string of the molecule is CCC1OCCC1c1nc2ccccc2n1CCC(=O)O. The molecule has 112 valence electrons. The summed E-state index contributed by atoms with van der Waals surface area (Å²) in [6.07, 6.45) is 2.20. The summed E-state index contributed by atoms with van der Waals surface area (Å²) in [5.41, 5.74) is 1.94. The average Bonchev–Trinajstić information content (AvgIpc) is 3.08. The Bertz CT molecular complexity index is 650. The maximum absolute atomic E-state index is 10.9. The monoisotopic (exact) mass is 288 g/mol. The lowest BCUT2D eigenvalue weighted by atomic mass is 9.98. The standard InChI is InChI=1S/C16H20N2O3/c1-2-14-11(8-10-21-14)16-17-12-5-3-4-6-13(12)18(16)9-7-15(19)20/h3-6,11,14H,2,7-10H2,1H3,(H,19,20). The van der Waals surface area contributed by atoms with E-state index in [0.29, 0.717) is 6.54 Å². The van der Waals surface area contributed by atoms with Crippen molar-refractivity contribution in [2.75, 3.05) is 6.61 Å². The molecule has 1 saturated heterocycles. The van der Waals surface area contributed by atoms with E-state index < -0.39 is 5.97 Å². The van der Waals surface area contributed by atoms with Gasteiger partial charge in [0.25, 0.3) is 0 Å². The molecule has 0 saturated carbocycles. The number of hydrogen-bond acceptors (Lipinski definition) is 3. The quantitative estimate of drug-likeness (QED) is 0.919. The Hall–Kier alpha value is -1.88. The second-order valence-corrected chi connectivity index (χ2v) is 5.47. The molecule has 0 aliphatic carbocycles. The number of benzene rings is 1. The number of fused-ring (bicyclic) bond motifs is 1. The molecule has 3 rings (SSSR count). The van der Waals surface area contributed by atoms with Crippen molar-refractivity contribution < 1.29 is 14.6 Å². The molecule has 2 heterocycles. The van der Waals surface area contributed by atoms with E-state index in [2.05, 4.69) is 11.5 Å². The Morgan fingerprint density at radius 3 is 3.05 bits per heavy atom. The lowest BCUT2D eigenvalue weighted by molar-refractivity contribution is -0.137. The summed E-state index contributed by atoms with van der Waals surface area (Å²) >= 11 is 0. The molecule has 1 aromatic heterocycles. The van der Waals surface area contributed by atoms with Crippen LogP contribution in [-0.4, -0.2) is 33.3 Å². The zero-order chi connectivity index (χ0) is 14.8. The van der Waals surface area contributed by atoms with Crippen molar-refractivity contribution in [1.82, 2.24) is 9.55 Å². The smallest absolute Gasteiger partial charge is 0.305 e. The third-order valence-electron chi connectivity index (χ3n) is 4.18. The number of carbonyl (C=O) groups is 1. The lowest BCUT2D eigenvalue weighted by Gasteiger charge is -2.18. The molecule has 0 radical (unpaired) electrons. The predicted octanol–water partition coefficient (Wildman–Crippen LogP) is 2.79. The molecule has 1 N–H and O–H groups in total. The molecule has 2 aromatic rings. The highest BCUT2D eigenvalue weighted by Gasteiger charge is 2.32. The molecule has 21 heavy (non-hydrogen) atoms. The van der Waals surface area contributed by atoms with Gasteiger partial charge in [0.15, 0.2) is 0 Å². The summed E-state index contributed by atoms with van der Waals surface area (Å²) in [5, 5.41) is 8.98. The summed E-state index contributed by atoms with van der Waals surface area (Å²) < 4.78 is 7.84.